The molecule has 0 aromatic carbocycles. The Kier molecular flexibility index (Phi) is 3.98. The van der Waals surface area contributed by atoms with Crippen molar-refractivity contribution in [3.8, 4) is 0 Å². The van der Waals surface area contributed by atoms with Crippen LogP contribution in [0.15, 0.2) is 17.4 Å². The van der Waals surface area contributed by atoms with E-state index in [0.717, 1.165) is 17.4 Å². The minimum atomic E-state index is -0.110. The molecule has 2 rings (SSSR count). The first-order chi connectivity index (χ1) is 7.83. The highest BCUT2D eigenvalue weighted by Crippen LogP contribution is 2.19. The van der Waals surface area contributed by atoms with Crippen LogP contribution in [0.25, 0.3) is 0 Å². The molecule has 0 aliphatic carbocycles. The summed E-state index contributed by atoms with van der Waals surface area (Å²) < 4.78 is 5.40. The minimum absolute atomic E-state index is 0.0525. The topological polar surface area (TPSA) is 58.5 Å². The SMILES string of the molecule is CSc1cc(N2CCOC(CO)C2)ncn1. The van der Waals surface area contributed by atoms with Crippen LogP contribution in [0, 0.1) is 0 Å². The molecule has 0 bridgehead atoms. The van der Waals surface area contributed by atoms with Crippen molar-refractivity contribution in [1.29, 1.82) is 0 Å². The molecule has 0 radical (unpaired) electrons. The lowest BCUT2D eigenvalue weighted by atomic mass is 10.3. The van der Waals surface area contributed by atoms with Crippen LogP contribution in [0.3, 0.4) is 0 Å². The summed E-state index contributed by atoms with van der Waals surface area (Å²) >= 11 is 1.60. The third-order valence-corrected chi connectivity index (χ3v) is 3.14. The molecular formula is C10H15N3O2S. The fraction of sp³-hybridized carbons (Fsp3) is 0.600. The molecule has 2 heterocycles. The number of anilines is 1. The maximum Gasteiger partial charge on any atom is 0.133 e. The zero-order chi connectivity index (χ0) is 11.4. The Hall–Kier alpha value is -0.850. The summed E-state index contributed by atoms with van der Waals surface area (Å²) in [6.45, 7) is 2.17. The second-order valence-corrected chi connectivity index (χ2v) is 4.37. The van der Waals surface area contributed by atoms with Crippen molar-refractivity contribution in [3.63, 3.8) is 0 Å². The Balaban J connectivity index is 2.10. The molecule has 1 N–H and O–H groups in total. The van der Waals surface area contributed by atoms with Gasteiger partial charge in [0.1, 0.15) is 17.2 Å². The third-order valence-electron chi connectivity index (χ3n) is 2.50. The second-order valence-electron chi connectivity index (χ2n) is 3.54. The third kappa shape index (κ3) is 2.63. The molecule has 1 aliphatic heterocycles. The molecule has 1 fully saturated rings. The fourth-order valence-electron chi connectivity index (χ4n) is 1.65. The lowest BCUT2D eigenvalue weighted by Crippen LogP contribution is -2.44. The molecule has 1 aromatic rings. The Bertz CT molecular complexity index is 351. The van der Waals surface area contributed by atoms with E-state index in [0.29, 0.717) is 13.2 Å². The minimum Gasteiger partial charge on any atom is -0.394 e. The number of ether oxygens (including phenoxy) is 1. The first-order valence-corrected chi connectivity index (χ1v) is 6.39. The van der Waals surface area contributed by atoms with Gasteiger partial charge in [0.2, 0.25) is 0 Å². The van der Waals surface area contributed by atoms with Gasteiger partial charge in [-0.05, 0) is 6.26 Å². The standard InChI is InChI=1S/C10H15N3O2S/c1-16-10-4-9(11-7-12-10)13-2-3-15-8(5-13)6-14/h4,7-8,14H,2-3,5-6H2,1H3. The molecule has 1 unspecified atom stereocenters. The number of thioether (sulfide) groups is 1. The fourth-order valence-corrected chi connectivity index (χ4v) is 2.03. The van der Waals surface area contributed by atoms with E-state index in [4.69, 9.17) is 9.84 Å². The zero-order valence-corrected chi connectivity index (χ0v) is 9.98. The zero-order valence-electron chi connectivity index (χ0n) is 9.17. The van der Waals surface area contributed by atoms with E-state index >= 15 is 0 Å². The van der Waals surface area contributed by atoms with Gasteiger partial charge in [0, 0.05) is 19.2 Å². The highest BCUT2D eigenvalue weighted by molar-refractivity contribution is 7.98. The number of rotatable bonds is 3. The molecule has 6 heteroatoms. The van der Waals surface area contributed by atoms with E-state index in [1.54, 1.807) is 18.1 Å². The van der Waals surface area contributed by atoms with Crippen LogP contribution < -0.4 is 4.90 Å². The van der Waals surface area contributed by atoms with Crippen molar-refractivity contribution < 1.29 is 9.84 Å². The number of aromatic nitrogens is 2. The van der Waals surface area contributed by atoms with Crippen LogP contribution in [0.1, 0.15) is 0 Å². The molecular weight excluding hydrogens is 226 g/mol. The van der Waals surface area contributed by atoms with E-state index in [-0.39, 0.29) is 12.7 Å². The molecule has 1 atom stereocenters. The molecule has 0 amide bonds. The highest BCUT2D eigenvalue weighted by Gasteiger charge is 2.20. The Morgan fingerprint density at radius 2 is 2.50 bits per heavy atom. The quantitative estimate of drug-likeness (QED) is 0.610. The number of morpholine rings is 1. The largest absolute Gasteiger partial charge is 0.394 e. The molecule has 0 spiro atoms. The Morgan fingerprint density at radius 3 is 3.25 bits per heavy atom. The molecule has 88 valence electrons. The molecule has 16 heavy (non-hydrogen) atoms. The number of hydrogen-bond acceptors (Lipinski definition) is 6. The van der Waals surface area contributed by atoms with E-state index in [9.17, 15) is 0 Å². The molecule has 1 aromatic heterocycles. The number of aliphatic hydroxyl groups is 1. The predicted molar refractivity (Wildman–Crippen MR) is 62.9 cm³/mol. The Morgan fingerprint density at radius 1 is 1.62 bits per heavy atom. The number of aliphatic hydroxyl groups excluding tert-OH is 1. The Labute approximate surface area is 98.8 Å². The first-order valence-electron chi connectivity index (χ1n) is 5.17. The van der Waals surface area contributed by atoms with Crippen LogP contribution in [-0.2, 0) is 4.74 Å². The summed E-state index contributed by atoms with van der Waals surface area (Å²) in [5.41, 5.74) is 0. The van der Waals surface area contributed by atoms with Gasteiger partial charge in [-0.2, -0.15) is 0 Å². The van der Waals surface area contributed by atoms with E-state index in [1.165, 1.54) is 0 Å². The van der Waals surface area contributed by atoms with Crippen molar-refractivity contribution in [2.45, 2.75) is 11.1 Å². The summed E-state index contributed by atoms with van der Waals surface area (Å²) in [6.07, 6.45) is 3.45. The average molecular weight is 241 g/mol. The molecule has 5 nitrogen and oxygen atoms in total. The number of hydrogen-bond donors (Lipinski definition) is 1. The van der Waals surface area contributed by atoms with Gasteiger partial charge in [0.15, 0.2) is 0 Å². The lowest BCUT2D eigenvalue weighted by molar-refractivity contribution is 0.00334. The lowest BCUT2D eigenvalue weighted by Gasteiger charge is -2.32. The second kappa shape index (κ2) is 5.47. The number of nitrogens with zero attached hydrogens (tertiary/aromatic N) is 3. The van der Waals surface area contributed by atoms with Crippen molar-refractivity contribution in [3.05, 3.63) is 12.4 Å². The van der Waals surface area contributed by atoms with Gasteiger partial charge in [0.05, 0.1) is 19.3 Å². The smallest absolute Gasteiger partial charge is 0.133 e. The molecule has 1 aliphatic rings. The summed E-state index contributed by atoms with van der Waals surface area (Å²) in [7, 11) is 0. The van der Waals surface area contributed by atoms with Crippen molar-refractivity contribution in [1.82, 2.24) is 9.97 Å². The van der Waals surface area contributed by atoms with Crippen molar-refractivity contribution in [2.75, 3.05) is 37.5 Å². The van der Waals surface area contributed by atoms with Crippen LogP contribution in [0.2, 0.25) is 0 Å². The van der Waals surface area contributed by atoms with Gasteiger partial charge in [-0.3, -0.25) is 0 Å². The highest BCUT2D eigenvalue weighted by atomic mass is 32.2. The summed E-state index contributed by atoms with van der Waals surface area (Å²) in [5, 5.41) is 10.0. The van der Waals surface area contributed by atoms with Gasteiger partial charge in [0.25, 0.3) is 0 Å². The average Bonchev–Trinajstić information content (AvgIpc) is 2.39. The van der Waals surface area contributed by atoms with Crippen LogP contribution in [0.5, 0.6) is 0 Å². The molecule has 1 saturated heterocycles. The van der Waals surface area contributed by atoms with Gasteiger partial charge in [-0.1, -0.05) is 0 Å². The van der Waals surface area contributed by atoms with E-state index in [1.807, 2.05) is 12.3 Å². The summed E-state index contributed by atoms with van der Waals surface area (Å²) in [4.78, 5) is 10.5. The maximum absolute atomic E-state index is 9.07. The van der Waals surface area contributed by atoms with Gasteiger partial charge in [-0.15, -0.1) is 11.8 Å². The summed E-state index contributed by atoms with van der Waals surface area (Å²) in [5.74, 6) is 0.904. The van der Waals surface area contributed by atoms with Crippen molar-refractivity contribution >= 4 is 17.6 Å². The van der Waals surface area contributed by atoms with Crippen LogP contribution >= 0.6 is 11.8 Å². The van der Waals surface area contributed by atoms with E-state index < -0.39 is 0 Å². The van der Waals surface area contributed by atoms with E-state index in [2.05, 4.69) is 14.9 Å². The maximum atomic E-state index is 9.07. The summed E-state index contributed by atoms with van der Waals surface area (Å²) in [6, 6.07) is 1.96. The normalized spacial score (nSPS) is 21.1. The van der Waals surface area contributed by atoms with Crippen molar-refractivity contribution in [2.24, 2.45) is 0 Å². The van der Waals surface area contributed by atoms with Gasteiger partial charge >= 0.3 is 0 Å². The molecule has 0 saturated carbocycles. The monoisotopic (exact) mass is 241 g/mol. The van der Waals surface area contributed by atoms with Crippen LogP contribution in [-0.4, -0.2) is 53.7 Å². The first kappa shape index (κ1) is 11.6. The van der Waals surface area contributed by atoms with Crippen LogP contribution in [0.4, 0.5) is 5.82 Å². The van der Waals surface area contributed by atoms with Gasteiger partial charge < -0.3 is 14.7 Å². The van der Waals surface area contributed by atoms with Gasteiger partial charge in [-0.25, -0.2) is 9.97 Å². The predicted octanol–water partition coefficient (Wildman–Crippen LogP) is 0.396.